The third kappa shape index (κ3) is 4.06. The van der Waals surface area contributed by atoms with Gasteiger partial charge in [-0.25, -0.2) is 13.6 Å². The average Bonchev–Trinajstić information content (AvgIpc) is 2.41. The maximum atomic E-state index is 13.3. The van der Waals surface area contributed by atoms with E-state index in [2.05, 4.69) is 12.2 Å². The molecule has 4 nitrogen and oxygen atoms in total. The van der Waals surface area contributed by atoms with Crippen LogP contribution in [0, 0.1) is 17.6 Å². The van der Waals surface area contributed by atoms with Crippen molar-refractivity contribution >= 4 is 11.8 Å². The van der Waals surface area contributed by atoms with Crippen LogP contribution in [0.4, 0.5) is 19.3 Å². The van der Waals surface area contributed by atoms with E-state index in [-0.39, 0.29) is 6.04 Å². The Morgan fingerprint density at radius 1 is 1.38 bits per heavy atom. The number of alkyl carbamates (subject to hydrolysis) is 1. The molecular formula is C15H20F2N2O2. The van der Waals surface area contributed by atoms with Crippen LogP contribution in [-0.2, 0) is 4.74 Å². The van der Waals surface area contributed by atoms with E-state index in [0.29, 0.717) is 24.8 Å². The average molecular weight is 298 g/mol. The molecule has 1 amide bonds. The fourth-order valence-corrected chi connectivity index (χ4v) is 2.69. The van der Waals surface area contributed by atoms with E-state index < -0.39 is 17.7 Å². The first kappa shape index (κ1) is 15.5. The number of halogens is 2. The highest BCUT2D eigenvalue weighted by atomic mass is 19.2. The largest absolute Gasteiger partial charge is 0.450 e. The summed E-state index contributed by atoms with van der Waals surface area (Å²) in [4.78, 5) is 13.5. The van der Waals surface area contributed by atoms with Gasteiger partial charge in [-0.3, -0.25) is 0 Å². The first-order valence-electron chi connectivity index (χ1n) is 7.13. The summed E-state index contributed by atoms with van der Waals surface area (Å²) in [6.45, 7) is 5.42. The number of carbonyl (C=O) groups is 1. The molecule has 1 fully saturated rings. The quantitative estimate of drug-likeness (QED) is 0.933. The van der Waals surface area contributed by atoms with Crippen molar-refractivity contribution in [2.45, 2.75) is 26.3 Å². The molecular weight excluding hydrogens is 278 g/mol. The number of ether oxygens (including phenoxy) is 1. The molecule has 0 aliphatic carbocycles. The molecule has 2 rings (SSSR count). The lowest BCUT2D eigenvalue weighted by Gasteiger charge is -2.38. The summed E-state index contributed by atoms with van der Waals surface area (Å²) in [6.07, 6.45) is 0.390. The van der Waals surface area contributed by atoms with Gasteiger partial charge in [0.15, 0.2) is 11.6 Å². The number of piperidine rings is 1. The van der Waals surface area contributed by atoms with E-state index in [9.17, 15) is 13.6 Å². The molecule has 0 bridgehead atoms. The summed E-state index contributed by atoms with van der Waals surface area (Å²) in [5.41, 5.74) is 0.621. The van der Waals surface area contributed by atoms with Gasteiger partial charge >= 0.3 is 6.09 Å². The first-order valence-corrected chi connectivity index (χ1v) is 7.13. The second kappa shape index (κ2) is 6.74. The minimum Gasteiger partial charge on any atom is -0.450 e. The zero-order valence-electron chi connectivity index (χ0n) is 12.2. The van der Waals surface area contributed by atoms with Crippen molar-refractivity contribution in [1.82, 2.24) is 5.32 Å². The molecule has 1 heterocycles. The van der Waals surface area contributed by atoms with Gasteiger partial charge in [0.25, 0.3) is 0 Å². The van der Waals surface area contributed by atoms with Crippen LogP contribution in [0.3, 0.4) is 0 Å². The first-order chi connectivity index (χ1) is 9.99. The van der Waals surface area contributed by atoms with Gasteiger partial charge in [-0.05, 0) is 31.4 Å². The summed E-state index contributed by atoms with van der Waals surface area (Å²) in [5, 5.41) is 2.81. The number of nitrogens with zero attached hydrogens (tertiary/aromatic N) is 1. The lowest BCUT2D eigenvalue weighted by Crippen LogP contribution is -2.50. The Kier molecular flexibility index (Phi) is 4.98. The van der Waals surface area contributed by atoms with Crippen molar-refractivity contribution in [1.29, 1.82) is 0 Å². The summed E-state index contributed by atoms with van der Waals surface area (Å²) in [6, 6.07) is 3.80. The van der Waals surface area contributed by atoms with E-state index in [4.69, 9.17) is 4.74 Å². The van der Waals surface area contributed by atoms with Crippen LogP contribution < -0.4 is 10.2 Å². The predicted octanol–water partition coefficient (Wildman–Crippen LogP) is 2.93. The molecule has 1 N–H and O–H groups in total. The molecule has 21 heavy (non-hydrogen) atoms. The normalized spacial score (nSPS) is 22.0. The van der Waals surface area contributed by atoms with Gasteiger partial charge in [0.2, 0.25) is 0 Å². The van der Waals surface area contributed by atoms with Crippen LogP contribution in [0.15, 0.2) is 18.2 Å². The monoisotopic (exact) mass is 298 g/mol. The molecule has 1 aliphatic heterocycles. The smallest absolute Gasteiger partial charge is 0.407 e. The standard InChI is InChI=1S/C15H20F2N2O2/c1-3-21-15(20)18-11-6-10(2)8-19(9-11)12-4-5-13(16)14(17)7-12/h4-5,7,10-11H,3,6,8-9H2,1-2H3,(H,18,20). The highest BCUT2D eigenvalue weighted by molar-refractivity contribution is 5.67. The van der Waals surface area contributed by atoms with Crippen molar-refractivity contribution in [3.63, 3.8) is 0 Å². The Morgan fingerprint density at radius 2 is 2.14 bits per heavy atom. The van der Waals surface area contributed by atoms with Gasteiger partial charge in [0, 0.05) is 30.9 Å². The van der Waals surface area contributed by atoms with Gasteiger partial charge in [-0.2, -0.15) is 0 Å². The number of anilines is 1. The van der Waals surface area contributed by atoms with E-state index in [1.165, 1.54) is 6.07 Å². The molecule has 1 aromatic rings. The Balaban J connectivity index is 2.06. The number of amides is 1. The lowest BCUT2D eigenvalue weighted by atomic mass is 9.95. The number of hydrogen-bond donors (Lipinski definition) is 1. The van der Waals surface area contributed by atoms with Crippen LogP contribution in [-0.4, -0.2) is 31.8 Å². The molecule has 0 aromatic heterocycles. The SMILES string of the molecule is CCOC(=O)NC1CC(C)CN(c2ccc(F)c(F)c2)C1. The third-order valence-electron chi connectivity index (χ3n) is 3.53. The maximum Gasteiger partial charge on any atom is 0.407 e. The third-order valence-corrected chi connectivity index (χ3v) is 3.53. The zero-order valence-corrected chi connectivity index (χ0v) is 12.2. The number of nitrogens with one attached hydrogen (secondary N) is 1. The summed E-state index contributed by atoms with van der Waals surface area (Å²) < 4.78 is 31.2. The van der Waals surface area contributed by atoms with Crippen LogP contribution >= 0.6 is 0 Å². The molecule has 2 unspecified atom stereocenters. The Morgan fingerprint density at radius 3 is 2.81 bits per heavy atom. The number of hydrogen-bond acceptors (Lipinski definition) is 3. The van der Waals surface area contributed by atoms with Gasteiger partial charge in [0.1, 0.15) is 0 Å². The minimum atomic E-state index is -0.861. The predicted molar refractivity (Wildman–Crippen MR) is 76.3 cm³/mol. The molecule has 0 saturated carbocycles. The topological polar surface area (TPSA) is 41.6 Å². The Labute approximate surface area is 123 Å². The zero-order chi connectivity index (χ0) is 15.4. The number of benzene rings is 1. The van der Waals surface area contributed by atoms with E-state index in [0.717, 1.165) is 19.0 Å². The number of rotatable bonds is 3. The highest BCUT2D eigenvalue weighted by Crippen LogP contribution is 2.24. The highest BCUT2D eigenvalue weighted by Gasteiger charge is 2.26. The van der Waals surface area contributed by atoms with Crippen LogP contribution in [0.25, 0.3) is 0 Å². The van der Waals surface area contributed by atoms with Gasteiger partial charge in [0.05, 0.1) is 6.61 Å². The van der Waals surface area contributed by atoms with Crippen LogP contribution in [0.1, 0.15) is 20.3 Å². The molecule has 0 spiro atoms. The molecule has 1 saturated heterocycles. The molecule has 1 aromatic carbocycles. The molecule has 1 aliphatic rings. The fourth-order valence-electron chi connectivity index (χ4n) is 2.69. The minimum absolute atomic E-state index is 0.0686. The van der Waals surface area contributed by atoms with Crippen LogP contribution in [0.2, 0.25) is 0 Å². The molecule has 0 radical (unpaired) electrons. The van der Waals surface area contributed by atoms with Crippen molar-refractivity contribution < 1.29 is 18.3 Å². The van der Waals surface area contributed by atoms with Crippen molar-refractivity contribution in [3.8, 4) is 0 Å². The van der Waals surface area contributed by atoms with E-state index in [1.807, 2.05) is 4.90 Å². The maximum absolute atomic E-state index is 13.3. The van der Waals surface area contributed by atoms with Crippen LogP contribution in [0.5, 0.6) is 0 Å². The van der Waals surface area contributed by atoms with Gasteiger partial charge in [-0.15, -0.1) is 0 Å². The number of carbonyl (C=O) groups excluding carboxylic acids is 1. The molecule has 6 heteroatoms. The Hall–Kier alpha value is -1.85. The second-order valence-electron chi connectivity index (χ2n) is 5.41. The van der Waals surface area contributed by atoms with Gasteiger partial charge in [-0.1, -0.05) is 6.92 Å². The molecule has 2 atom stereocenters. The second-order valence-corrected chi connectivity index (χ2v) is 5.41. The van der Waals surface area contributed by atoms with Crippen molar-refractivity contribution in [2.75, 3.05) is 24.6 Å². The Bertz CT molecular complexity index is 510. The fraction of sp³-hybridized carbons (Fsp3) is 0.533. The van der Waals surface area contributed by atoms with Gasteiger partial charge < -0.3 is 15.0 Å². The van der Waals surface area contributed by atoms with E-state index >= 15 is 0 Å². The summed E-state index contributed by atoms with van der Waals surface area (Å²) in [7, 11) is 0. The van der Waals surface area contributed by atoms with Crippen molar-refractivity contribution in [3.05, 3.63) is 29.8 Å². The lowest BCUT2D eigenvalue weighted by molar-refractivity contribution is 0.145. The molecule has 116 valence electrons. The van der Waals surface area contributed by atoms with Crippen molar-refractivity contribution in [2.24, 2.45) is 5.92 Å². The summed E-state index contributed by atoms with van der Waals surface area (Å²) >= 11 is 0. The summed E-state index contributed by atoms with van der Waals surface area (Å²) in [5.74, 6) is -1.38. The van der Waals surface area contributed by atoms with E-state index in [1.54, 1.807) is 13.0 Å².